The van der Waals surface area contributed by atoms with Crippen LogP contribution in [0, 0.1) is 0 Å². The van der Waals surface area contributed by atoms with Crippen LogP contribution in [0.3, 0.4) is 0 Å². The van der Waals surface area contributed by atoms with Gasteiger partial charge >= 0.3 is 0 Å². The highest BCUT2D eigenvalue weighted by atomic mass is 35.5. The lowest BCUT2D eigenvalue weighted by Crippen LogP contribution is -2.53. The number of para-hydroxylation sites is 2. The number of benzene rings is 2. The third-order valence-corrected chi connectivity index (χ3v) is 7.69. The molecule has 0 amide bonds. The molecule has 0 bridgehead atoms. The molecule has 0 spiro atoms. The molecule has 5 nitrogen and oxygen atoms in total. The second-order valence-electron chi connectivity index (χ2n) is 9.07. The first-order valence-corrected chi connectivity index (χ1v) is 12.3. The second kappa shape index (κ2) is 11.5. The number of hydrogen-bond donors (Lipinski definition) is 1. The Labute approximate surface area is 219 Å². The fourth-order valence-corrected chi connectivity index (χ4v) is 5.41. The predicted octanol–water partition coefficient (Wildman–Crippen LogP) is 6.49. The van der Waals surface area contributed by atoms with Crippen molar-refractivity contribution in [2.24, 2.45) is 4.99 Å². The number of aromatic nitrogens is 1. The third-order valence-electron chi connectivity index (χ3n) is 6.41. The Kier molecular flexibility index (Phi) is 8.99. The molecule has 5 rings (SSSR count). The summed E-state index contributed by atoms with van der Waals surface area (Å²) in [5.74, 6) is 1.41. The van der Waals surface area contributed by atoms with Crippen LogP contribution < -0.4 is 5.32 Å². The highest BCUT2D eigenvalue weighted by Gasteiger charge is 2.31. The molecule has 8 heteroatoms. The van der Waals surface area contributed by atoms with E-state index in [1.54, 1.807) is 11.3 Å². The van der Waals surface area contributed by atoms with Crippen molar-refractivity contribution < 1.29 is 0 Å². The minimum Gasteiger partial charge on any atom is -0.352 e. The van der Waals surface area contributed by atoms with Gasteiger partial charge < -0.3 is 10.2 Å². The van der Waals surface area contributed by atoms with E-state index in [1.165, 1.54) is 5.56 Å². The Morgan fingerprint density at radius 2 is 1.76 bits per heavy atom. The van der Waals surface area contributed by atoms with E-state index in [9.17, 15) is 0 Å². The smallest absolute Gasteiger partial charge is 0.158 e. The summed E-state index contributed by atoms with van der Waals surface area (Å²) in [4.78, 5) is 15.2. The number of nitrogens with zero attached hydrogens (tertiary/aromatic N) is 4. The van der Waals surface area contributed by atoms with Gasteiger partial charge in [0, 0.05) is 31.6 Å². The second-order valence-corrected chi connectivity index (χ2v) is 10.1. The van der Waals surface area contributed by atoms with Gasteiger partial charge in [0.2, 0.25) is 0 Å². The van der Waals surface area contributed by atoms with Crippen molar-refractivity contribution in [3.63, 3.8) is 0 Å². The Morgan fingerprint density at radius 1 is 1.03 bits per heavy atom. The van der Waals surface area contributed by atoms with Crippen LogP contribution in [0.1, 0.15) is 42.5 Å². The Balaban J connectivity index is 0.00000162. The molecule has 2 aliphatic heterocycles. The van der Waals surface area contributed by atoms with E-state index in [4.69, 9.17) is 9.98 Å². The molecule has 2 aromatic carbocycles. The Morgan fingerprint density at radius 3 is 2.53 bits per heavy atom. The number of nitrogens with one attached hydrogen (secondary N) is 1. The van der Waals surface area contributed by atoms with Crippen molar-refractivity contribution in [3.8, 4) is 0 Å². The molecule has 0 radical (unpaired) electrons. The van der Waals surface area contributed by atoms with Crippen molar-refractivity contribution in [1.29, 1.82) is 0 Å². The largest absolute Gasteiger partial charge is 0.352 e. The maximum absolute atomic E-state index is 5.16. The molecule has 1 saturated heterocycles. The van der Waals surface area contributed by atoms with Gasteiger partial charge in [-0.15, -0.1) is 36.2 Å². The van der Waals surface area contributed by atoms with Gasteiger partial charge in [0.1, 0.15) is 10.7 Å². The average Bonchev–Trinajstić information content (AvgIpc) is 3.16. The topological polar surface area (TPSA) is 43.8 Å². The fraction of sp³-hybridized carbons (Fsp3) is 0.385. The predicted molar refractivity (Wildman–Crippen MR) is 149 cm³/mol. The van der Waals surface area contributed by atoms with E-state index in [-0.39, 0.29) is 24.8 Å². The molecule has 0 unspecified atom stereocenters. The number of hydrogen-bond acceptors (Lipinski definition) is 6. The standard InChI is InChI=1S/C26H31N5S.2ClH/c1-18(2)25-29-23-24(27-21-11-7-8-12-22(21)28-26(23)32-25)31-16-15-30(3)20(17-31)14-13-19-9-5-4-6-10-19;;/h4-12,18,20,28H,13-17H2,1-3H3;2*1H/t20-;;/m0../s1. The third kappa shape index (κ3) is 5.57. The highest BCUT2D eigenvalue weighted by molar-refractivity contribution is 7.16. The van der Waals surface area contributed by atoms with Gasteiger partial charge in [-0.05, 0) is 37.6 Å². The van der Waals surface area contributed by atoms with E-state index < -0.39 is 0 Å². The molecule has 182 valence electrons. The van der Waals surface area contributed by atoms with Gasteiger partial charge in [-0.25, -0.2) is 9.98 Å². The summed E-state index contributed by atoms with van der Waals surface area (Å²) in [5.41, 5.74) is 4.45. The summed E-state index contributed by atoms with van der Waals surface area (Å²) in [7, 11) is 2.25. The van der Waals surface area contributed by atoms with Crippen molar-refractivity contribution in [3.05, 3.63) is 70.9 Å². The molecule has 1 fully saturated rings. The van der Waals surface area contributed by atoms with Gasteiger partial charge in [-0.2, -0.15) is 0 Å². The minimum atomic E-state index is 0. The first kappa shape index (κ1) is 26.5. The summed E-state index contributed by atoms with van der Waals surface area (Å²) < 4.78 is 0. The molecule has 3 aromatic rings. The molecule has 34 heavy (non-hydrogen) atoms. The van der Waals surface area contributed by atoms with Crippen LogP contribution in [0.2, 0.25) is 0 Å². The molecule has 1 N–H and O–H groups in total. The summed E-state index contributed by atoms with van der Waals surface area (Å²) in [5, 5.41) is 5.88. The number of aliphatic imine (C=N–C) groups is 1. The van der Waals surface area contributed by atoms with Gasteiger partial charge in [0.25, 0.3) is 0 Å². The zero-order chi connectivity index (χ0) is 22.1. The first-order chi connectivity index (χ1) is 15.6. The van der Waals surface area contributed by atoms with Gasteiger partial charge in [0.05, 0.1) is 16.4 Å². The number of halogens is 2. The molecule has 1 atom stereocenters. The lowest BCUT2D eigenvalue weighted by Gasteiger charge is -2.40. The van der Waals surface area contributed by atoms with Crippen molar-refractivity contribution >= 4 is 58.4 Å². The first-order valence-electron chi connectivity index (χ1n) is 11.5. The van der Waals surface area contributed by atoms with Crippen LogP contribution in [-0.4, -0.2) is 53.3 Å². The quantitative estimate of drug-likeness (QED) is 0.429. The fourth-order valence-electron chi connectivity index (χ4n) is 4.43. The van der Waals surface area contributed by atoms with Gasteiger partial charge in [-0.3, -0.25) is 4.90 Å². The van der Waals surface area contributed by atoms with Crippen molar-refractivity contribution in [1.82, 2.24) is 14.8 Å². The van der Waals surface area contributed by atoms with Crippen LogP contribution in [-0.2, 0) is 6.42 Å². The van der Waals surface area contributed by atoms with Crippen LogP contribution >= 0.6 is 36.2 Å². The van der Waals surface area contributed by atoms with E-state index in [0.29, 0.717) is 12.0 Å². The Bertz CT molecular complexity index is 1120. The number of thiazole rings is 1. The number of rotatable bonds is 4. The van der Waals surface area contributed by atoms with E-state index in [0.717, 1.165) is 65.4 Å². The number of fused-ring (bicyclic) bond motifs is 2. The lowest BCUT2D eigenvalue weighted by molar-refractivity contribution is 0.134. The Hall–Kier alpha value is -2.12. The number of aryl methyl sites for hydroxylation is 1. The zero-order valence-corrected chi connectivity index (χ0v) is 22.3. The summed E-state index contributed by atoms with van der Waals surface area (Å²) >= 11 is 1.76. The number of piperazine rings is 1. The summed E-state index contributed by atoms with van der Waals surface area (Å²) in [6, 6.07) is 19.6. The molecular formula is C26H33Cl2N5S. The van der Waals surface area contributed by atoms with E-state index in [1.807, 2.05) is 0 Å². The van der Waals surface area contributed by atoms with Crippen LogP contribution in [0.4, 0.5) is 16.4 Å². The maximum atomic E-state index is 5.16. The summed E-state index contributed by atoms with van der Waals surface area (Å²) in [6.45, 7) is 7.38. The SMILES string of the molecule is CC(C)c1nc2c(s1)Nc1ccccc1N=C2N1CCN(C)[C@@H](CCc2ccccc2)C1.Cl.Cl. The molecule has 0 saturated carbocycles. The molecular weight excluding hydrogens is 485 g/mol. The summed E-state index contributed by atoms with van der Waals surface area (Å²) in [6.07, 6.45) is 2.24. The van der Waals surface area contributed by atoms with Gasteiger partial charge in [0.15, 0.2) is 5.84 Å². The average molecular weight is 519 g/mol. The monoisotopic (exact) mass is 517 g/mol. The van der Waals surface area contributed by atoms with Crippen LogP contribution in [0.15, 0.2) is 59.6 Å². The molecule has 2 aliphatic rings. The van der Waals surface area contributed by atoms with Crippen LogP contribution in [0.25, 0.3) is 0 Å². The molecule has 1 aromatic heterocycles. The molecule has 0 aliphatic carbocycles. The normalized spacial score (nSPS) is 17.5. The van der Waals surface area contributed by atoms with E-state index in [2.05, 4.69) is 90.6 Å². The molecule has 3 heterocycles. The minimum absolute atomic E-state index is 0. The van der Waals surface area contributed by atoms with Crippen LogP contribution in [0.5, 0.6) is 0 Å². The number of likely N-dealkylation sites (N-methyl/N-ethyl adjacent to an activating group) is 1. The zero-order valence-electron chi connectivity index (χ0n) is 19.9. The lowest BCUT2D eigenvalue weighted by atomic mass is 10.0. The highest BCUT2D eigenvalue weighted by Crippen LogP contribution is 2.39. The van der Waals surface area contributed by atoms with E-state index >= 15 is 0 Å². The maximum Gasteiger partial charge on any atom is 0.158 e. The van der Waals surface area contributed by atoms with Crippen molar-refractivity contribution in [2.75, 3.05) is 32.0 Å². The number of amidine groups is 1. The number of anilines is 2. The van der Waals surface area contributed by atoms with Crippen molar-refractivity contribution in [2.45, 2.75) is 38.6 Å². The van der Waals surface area contributed by atoms with Gasteiger partial charge in [-0.1, -0.05) is 56.3 Å².